The predicted octanol–water partition coefficient (Wildman–Crippen LogP) is 3.17. The largest absolute Gasteiger partial charge is 0.467 e. The predicted molar refractivity (Wildman–Crippen MR) is 99.6 cm³/mol. The molecule has 1 heterocycles. The number of halogens is 1. The summed E-state index contributed by atoms with van der Waals surface area (Å²) in [6.45, 7) is 6.33. The fourth-order valence-electron chi connectivity index (χ4n) is 2.36. The van der Waals surface area contributed by atoms with E-state index in [1.54, 1.807) is 17.9 Å². The lowest BCUT2D eigenvalue weighted by Gasteiger charge is -2.25. The summed E-state index contributed by atoms with van der Waals surface area (Å²) >= 11 is 0. The van der Waals surface area contributed by atoms with E-state index in [4.69, 9.17) is 10.2 Å². The average Bonchev–Trinajstić information content (AvgIpc) is 3.02. The summed E-state index contributed by atoms with van der Waals surface area (Å²) in [5.74, 6) is 0.352. The highest BCUT2D eigenvalue weighted by molar-refractivity contribution is 6.04. The number of rotatable bonds is 6. The Balaban J connectivity index is 0.00000312. The van der Waals surface area contributed by atoms with Crippen molar-refractivity contribution in [2.45, 2.75) is 39.9 Å². The van der Waals surface area contributed by atoms with E-state index in [-0.39, 0.29) is 36.8 Å². The first-order valence-corrected chi connectivity index (χ1v) is 7.85. The minimum Gasteiger partial charge on any atom is -0.467 e. The molecule has 0 aliphatic carbocycles. The quantitative estimate of drug-likeness (QED) is 0.822. The van der Waals surface area contributed by atoms with Crippen molar-refractivity contribution in [2.75, 3.05) is 5.32 Å². The van der Waals surface area contributed by atoms with Gasteiger partial charge in [0.05, 0.1) is 12.1 Å². The van der Waals surface area contributed by atoms with Crippen molar-refractivity contribution in [3.8, 4) is 0 Å². The second-order valence-corrected chi connectivity index (χ2v) is 5.90. The van der Waals surface area contributed by atoms with Gasteiger partial charge in [0.15, 0.2) is 0 Å². The van der Waals surface area contributed by atoms with Crippen LogP contribution in [0.1, 0.15) is 42.5 Å². The van der Waals surface area contributed by atoms with Crippen molar-refractivity contribution < 1.29 is 14.0 Å². The van der Waals surface area contributed by atoms with Crippen LogP contribution in [0.3, 0.4) is 0 Å². The highest BCUT2D eigenvalue weighted by Gasteiger charge is 2.13. The van der Waals surface area contributed by atoms with Crippen molar-refractivity contribution in [3.05, 3.63) is 53.5 Å². The molecule has 0 saturated heterocycles. The second-order valence-electron chi connectivity index (χ2n) is 5.90. The molecule has 3 N–H and O–H groups in total. The van der Waals surface area contributed by atoms with Crippen molar-refractivity contribution in [2.24, 2.45) is 5.73 Å². The molecule has 2 amide bonds. The Morgan fingerprint density at radius 2 is 1.88 bits per heavy atom. The van der Waals surface area contributed by atoms with Crippen LogP contribution in [-0.2, 0) is 17.9 Å². The van der Waals surface area contributed by atoms with E-state index in [0.717, 1.165) is 5.56 Å². The number of nitrogens with two attached hydrogens (primary N) is 1. The molecule has 0 bridgehead atoms. The lowest BCUT2D eigenvalue weighted by molar-refractivity contribution is -0.131. The fourth-order valence-corrected chi connectivity index (χ4v) is 2.36. The Kier molecular flexibility index (Phi) is 7.67. The minimum absolute atomic E-state index is 0. The van der Waals surface area contributed by atoms with E-state index in [0.29, 0.717) is 23.6 Å². The van der Waals surface area contributed by atoms with Gasteiger partial charge in [0.2, 0.25) is 5.91 Å². The van der Waals surface area contributed by atoms with Gasteiger partial charge < -0.3 is 20.4 Å². The topological polar surface area (TPSA) is 88.6 Å². The minimum atomic E-state index is -0.251. The summed E-state index contributed by atoms with van der Waals surface area (Å²) in [5, 5.41) is 2.80. The van der Waals surface area contributed by atoms with Gasteiger partial charge in [-0.3, -0.25) is 9.59 Å². The molecule has 0 fully saturated rings. The molecule has 6 nitrogen and oxygen atoms in total. The third-order valence-electron chi connectivity index (χ3n) is 3.71. The second kappa shape index (κ2) is 9.25. The highest BCUT2D eigenvalue weighted by atomic mass is 35.5. The first-order valence-electron chi connectivity index (χ1n) is 7.85. The zero-order chi connectivity index (χ0) is 17.7. The summed E-state index contributed by atoms with van der Waals surface area (Å²) < 4.78 is 5.16. The van der Waals surface area contributed by atoms with Crippen molar-refractivity contribution >= 4 is 29.9 Å². The van der Waals surface area contributed by atoms with E-state index in [9.17, 15) is 9.59 Å². The standard InChI is InChI=1S/C18H23N3O3.ClH/c1-12(2)21(13(3)22)10-14-4-6-16(7-5-14)20-18(23)15-8-17(9-19)24-11-15;/h4-8,11-12H,9-10,19H2,1-3H3,(H,20,23);1H. The SMILES string of the molecule is CC(=O)N(Cc1ccc(NC(=O)c2coc(CN)c2)cc1)C(C)C.Cl. The normalized spacial score (nSPS) is 10.3. The number of furan rings is 1. The van der Waals surface area contributed by atoms with E-state index < -0.39 is 0 Å². The zero-order valence-corrected chi connectivity index (χ0v) is 15.4. The number of benzene rings is 1. The number of nitrogens with one attached hydrogen (secondary N) is 1. The van der Waals surface area contributed by atoms with Gasteiger partial charge in [-0.05, 0) is 37.6 Å². The molecule has 0 aliphatic rings. The Morgan fingerprint density at radius 3 is 2.36 bits per heavy atom. The molecule has 1 aromatic carbocycles. The Morgan fingerprint density at radius 1 is 1.24 bits per heavy atom. The molecule has 0 atom stereocenters. The smallest absolute Gasteiger partial charge is 0.258 e. The monoisotopic (exact) mass is 365 g/mol. The molecule has 0 spiro atoms. The number of anilines is 1. The van der Waals surface area contributed by atoms with Crippen LogP contribution >= 0.6 is 12.4 Å². The van der Waals surface area contributed by atoms with Crippen LogP contribution in [0.15, 0.2) is 41.0 Å². The molecule has 0 unspecified atom stereocenters. The van der Waals surface area contributed by atoms with Crippen LogP contribution in [0.2, 0.25) is 0 Å². The first-order chi connectivity index (χ1) is 11.4. The first kappa shape index (κ1) is 20.7. The zero-order valence-electron chi connectivity index (χ0n) is 14.6. The number of carbonyl (C=O) groups is 2. The highest BCUT2D eigenvalue weighted by Crippen LogP contribution is 2.15. The molecule has 25 heavy (non-hydrogen) atoms. The summed E-state index contributed by atoms with van der Waals surface area (Å²) in [7, 11) is 0. The van der Waals surface area contributed by atoms with Crippen molar-refractivity contribution in [3.63, 3.8) is 0 Å². The molecule has 136 valence electrons. The molecule has 1 aromatic heterocycles. The Bertz CT molecular complexity index is 711. The number of carbonyl (C=O) groups excluding carboxylic acids is 2. The molecule has 0 radical (unpaired) electrons. The van der Waals surface area contributed by atoms with E-state index in [1.165, 1.54) is 6.26 Å². The van der Waals surface area contributed by atoms with Gasteiger partial charge >= 0.3 is 0 Å². The van der Waals surface area contributed by atoms with Crippen molar-refractivity contribution in [1.29, 1.82) is 0 Å². The van der Waals surface area contributed by atoms with E-state index >= 15 is 0 Å². The number of hydrogen-bond donors (Lipinski definition) is 2. The van der Waals surface area contributed by atoms with Crippen LogP contribution < -0.4 is 11.1 Å². The maximum Gasteiger partial charge on any atom is 0.258 e. The molecule has 0 saturated carbocycles. The van der Waals surface area contributed by atoms with Gasteiger partial charge in [-0.2, -0.15) is 0 Å². The van der Waals surface area contributed by atoms with Crippen LogP contribution in [0.5, 0.6) is 0 Å². The number of hydrogen-bond acceptors (Lipinski definition) is 4. The van der Waals surface area contributed by atoms with Crippen LogP contribution in [0, 0.1) is 0 Å². The van der Waals surface area contributed by atoms with Gasteiger partial charge in [0.25, 0.3) is 5.91 Å². The molecule has 2 rings (SSSR count). The van der Waals surface area contributed by atoms with Gasteiger partial charge in [-0.25, -0.2) is 0 Å². The van der Waals surface area contributed by atoms with Gasteiger partial charge in [-0.15, -0.1) is 12.4 Å². The lowest BCUT2D eigenvalue weighted by atomic mass is 10.1. The van der Waals surface area contributed by atoms with Gasteiger partial charge in [0.1, 0.15) is 12.0 Å². The maximum absolute atomic E-state index is 12.1. The van der Waals surface area contributed by atoms with E-state index in [1.807, 2.05) is 38.1 Å². The molecule has 0 aliphatic heterocycles. The Labute approximate surface area is 153 Å². The summed E-state index contributed by atoms with van der Waals surface area (Å²) in [6.07, 6.45) is 1.39. The van der Waals surface area contributed by atoms with Crippen LogP contribution in [0.25, 0.3) is 0 Å². The third kappa shape index (κ3) is 5.62. The lowest BCUT2D eigenvalue weighted by Crippen LogP contribution is -2.34. The third-order valence-corrected chi connectivity index (χ3v) is 3.71. The van der Waals surface area contributed by atoms with E-state index in [2.05, 4.69) is 5.32 Å². The molecule has 2 aromatic rings. The van der Waals surface area contributed by atoms with Crippen LogP contribution in [-0.4, -0.2) is 22.8 Å². The summed E-state index contributed by atoms with van der Waals surface area (Å²) in [5.41, 5.74) is 7.58. The molecular formula is C18H24ClN3O3. The summed E-state index contributed by atoms with van der Waals surface area (Å²) in [6, 6.07) is 9.19. The maximum atomic E-state index is 12.1. The Hall–Kier alpha value is -2.31. The fraction of sp³-hybridized carbons (Fsp3) is 0.333. The van der Waals surface area contributed by atoms with Gasteiger partial charge in [0, 0.05) is 25.2 Å². The summed E-state index contributed by atoms with van der Waals surface area (Å²) in [4.78, 5) is 25.5. The molecule has 7 heteroatoms. The number of amides is 2. The number of nitrogens with zero attached hydrogens (tertiary/aromatic N) is 1. The van der Waals surface area contributed by atoms with Crippen molar-refractivity contribution in [1.82, 2.24) is 4.90 Å². The van der Waals surface area contributed by atoms with Gasteiger partial charge in [-0.1, -0.05) is 12.1 Å². The average molecular weight is 366 g/mol. The molecular weight excluding hydrogens is 342 g/mol. The van der Waals surface area contributed by atoms with Crippen LogP contribution in [0.4, 0.5) is 5.69 Å².